The van der Waals surface area contributed by atoms with Gasteiger partial charge in [-0.25, -0.2) is 0 Å². The van der Waals surface area contributed by atoms with Gasteiger partial charge < -0.3 is 24.8 Å². The zero-order valence-corrected chi connectivity index (χ0v) is 18.6. The van der Waals surface area contributed by atoms with Crippen molar-refractivity contribution in [2.75, 3.05) is 34.0 Å². The predicted octanol–water partition coefficient (Wildman–Crippen LogP) is 3.21. The average Bonchev–Trinajstić information content (AvgIpc) is 2.75. The Hall–Kier alpha value is -2.28. The Balaban J connectivity index is 0.00000320. The molecule has 2 N–H and O–H groups in total. The van der Waals surface area contributed by atoms with E-state index in [4.69, 9.17) is 14.2 Å². The number of carbonyl (C=O) groups excluding carboxylic acids is 1. The molecule has 2 aromatic rings. The number of aryl methyl sites for hydroxylation is 1. The molecule has 0 aromatic heterocycles. The molecule has 0 bridgehead atoms. The Labute approximate surface area is 184 Å². The third kappa shape index (κ3) is 6.36. The van der Waals surface area contributed by atoms with Gasteiger partial charge in [0.05, 0.1) is 33.5 Å². The summed E-state index contributed by atoms with van der Waals surface area (Å²) in [5.74, 6) is 1.32. The van der Waals surface area contributed by atoms with E-state index in [1.54, 1.807) is 14.2 Å². The second-order valence-corrected chi connectivity index (χ2v) is 7.30. The maximum atomic E-state index is 12.8. The highest BCUT2D eigenvalue weighted by molar-refractivity contribution is 5.85. The number of hydrogen-bond donors (Lipinski definition) is 2. The van der Waals surface area contributed by atoms with Gasteiger partial charge in [0.25, 0.3) is 0 Å². The molecule has 1 heterocycles. The first kappa shape index (κ1) is 24.0. The summed E-state index contributed by atoms with van der Waals surface area (Å²) in [7, 11) is 3.23. The van der Waals surface area contributed by atoms with Crippen molar-refractivity contribution in [2.45, 2.75) is 31.8 Å². The maximum absolute atomic E-state index is 12.8. The number of ether oxygens (including phenoxy) is 3. The summed E-state index contributed by atoms with van der Waals surface area (Å²) in [4.78, 5) is 12.8. The summed E-state index contributed by atoms with van der Waals surface area (Å²) in [6.45, 7) is 4.12. The zero-order valence-electron chi connectivity index (χ0n) is 17.8. The van der Waals surface area contributed by atoms with Crippen molar-refractivity contribution in [1.29, 1.82) is 0 Å². The minimum absolute atomic E-state index is 0. The number of benzene rings is 2. The van der Waals surface area contributed by atoms with Gasteiger partial charge >= 0.3 is 0 Å². The fourth-order valence-corrected chi connectivity index (χ4v) is 3.61. The molecule has 6 nitrogen and oxygen atoms in total. The lowest BCUT2D eigenvalue weighted by Gasteiger charge is -2.26. The minimum Gasteiger partial charge on any atom is -0.493 e. The summed E-state index contributed by atoms with van der Waals surface area (Å²) in [6.07, 6.45) is 1.08. The molecule has 1 aliphatic rings. The smallest absolute Gasteiger partial charge is 0.222 e. The first-order chi connectivity index (χ1) is 14.1. The first-order valence-corrected chi connectivity index (χ1v) is 9.97. The first-order valence-electron chi connectivity index (χ1n) is 9.97. The second kappa shape index (κ2) is 11.8. The molecule has 30 heavy (non-hydrogen) atoms. The lowest BCUT2D eigenvalue weighted by Crippen LogP contribution is -2.44. The third-order valence-corrected chi connectivity index (χ3v) is 5.26. The molecule has 0 spiro atoms. The van der Waals surface area contributed by atoms with Crippen LogP contribution in [0.1, 0.15) is 29.2 Å². The van der Waals surface area contributed by atoms with Crippen LogP contribution >= 0.6 is 12.4 Å². The zero-order chi connectivity index (χ0) is 20.6. The predicted molar refractivity (Wildman–Crippen MR) is 120 cm³/mol. The van der Waals surface area contributed by atoms with Gasteiger partial charge in [-0.1, -0.05) is 30.3 Å². The molecule has 7 heteroatoms. The van der Waals surface area contributed by atoms with Gasteiger partial charge in [0.15, 0.2) is 11.5 Å². The van der Waals surface area contributed by atoms with Gasteiger partial charge in [-0.3, -0.25) is 4.79 Å². The van der Waals surface area contributed by atoms with Crippen LogP contribution in [0.3, 0.4) is 0 Å². The van der Waals surface area contributed by atoms with Crippen molar-refractivity contribution in [3.8, 4) is 11.5 Å². The molecule has 1 fully saturated rings. The highest BCUT2D eigenvalue weighted by Gasteiger charge is 2.22. The van der Waals surface area contributed by atoms with Crippen LogP contribution in [0, 0.1) is 6.92 Å². The van der Waals surface area contributed by atoms with Gasteiger partial charge in [0.1, 0.15) is 0 Å². The van der Waals surface area contributed by atoms with Gasteiger partial charge in [-0.2, -0.15) is 0 Å². The minimum atomic E-state index is -0.173. The highest BCUT2D eigenvalue weighted by atomic mass is 35.5. The maximum Gasteiger partial charge on any atom is 0.222 e. The number of halogens is 1. The van der Waals surface area contributed by atoms with Gasteiger partial charge in [0.2, 0.25) is 5.91 Å². The van der Waals surface area contributed by atoms with Crippen molar-refractivity contribution in [1.82, 2.24) is 10.6 Å². The van der Waals surface area contributed by atoms with Crippen molar-refractivity contribution < 1.29 is 19.0 Å². The van der Waals surface area contributed by atoms with E-state index in [1.165, 1.54) is 11.1 Å². The van der Waals surface area contributed by atoms with Crippen LogP contribution in [0.4, 0.5) is 0 Å². The number of methoxy groups -OCH3 is 2. The van der Waals surface area contributed by atoms with Gasteiger partial charge in [-0.05, 0) is 42.2 Å². The number of morpholine rings is 1. The van der Waals surface area contributed by atoms with Crippen LogP contribution < -0.4 is 20.1 Å². The molecule has 0 saturated carbocycles. The normalized spacial score (nSPS) is 16.8. The van der Waals surface area contributed by atoms with E-state index in [9.17, 15) is 4.79 Å². The van der Waals surface area contributed by atoms with Crippen molar-refractivity contribution in [3.05, 3.63) is 59.2 Å². The molecular formula is C23H31ClN2O4. The topological polar surface area (TPSA) is 68.8 Å². The number of rotatable bonds is 8. The Morgan fingerprint density at radius 2 is 1.97 bits per heavy atom. The van der Waals surface area contributed by atoms with Gasteiger partial charge in [-0.15, -0.1) is 12.4 Å². The molecule has 2 atom stereocenters. The Kier molecular flexibility index (Phi) is 9.43. The Bertz CT molecular complexity index is 825. The van der Waals surface area contributed by atoms with Gasteiger partial charge in [0, 0.05) is 19.0 Å². The lowest BCUT2D eigenvalue weighted by molar-refractivity contribution is -0.123. The van der Waals surface area contributed by atoms with E-state index in [2.05, 4.69) is 29.7 Å². The fourth-order valence-electron chi connectivity index (χ4n) is 3.61. The molecular weight excluding hydrogens is 404 g/mol. The van der Waals surface area contributed by atoms with E-state index in [0.29, 0.717) is 37.6 Å². The fraction of sp³-hybridized carbons (Fsp3) is 0.435. The number of amides is 1. The molecule has 1 aliphatic heterocycles. The van der Waals surface area contributed by atoms with Crippen molar-refractivity contribution >= 4 is 18.3 Å². The molecule has 1 amide bonds. The largest absolute Gasteiger partial charge is 0.493 e. The highest BCUT2D eigenvalue weighted by Crippen LogP contribution is 2.31. The molecule has 3 rings (SSSR count). The average molecular weight is 435 g/mol. The molecule has 2 unspecified atom stereocenters. The quantitative estimate of drug-likeness (QED) is 0.667. The van der Waals surface area contributed by atoms with Crippen LogP contribution in [-0.2, 0) is 16.0 Å². The van der Waals surface area contributed by atoms with Crippen LogP contribution in [0.5, 0.6) is 11.5 Å². The standard InChI is InChI=1S/C23H30N2O4.ClH/c1-16-6-4-5-7-17(16)12-20(18-8-9-21(27-2)22(13-18)28-3)25-23(26)14-19-15-29-11-10-24-19;/h4-9,13,19-20,24H,10-12,14-15H2,1-3H3,(H,25,26);1H. The molecule has 2 aromatic carbocycles. The lowest BCUT2D eigenvalue weighted by atomic mass is 9.95. The Morgan fingerprint density at radius 1 is 1.20 bits per heavy atom. The number of carbonyl (C=O) groups is 1. The third-order valence-electron chi connectivity index (χ3n) is 5.26. The molecule has 0 aliphatic carbocycles. The van der Waals surface area contributed by atoms with Crippen LogP contribution in [0.2, 0.25) is 0 Å². The number of nitrogens with one attached hydrogen (secondary N) is 2. The molecule has 164 valence electrons. The second-order valence-electron chi connectivity index (χ2n) is 7.30. The monoisotopic (exact) mass is 434 g/mol. The van der Waals surface area contributed by atoms with E-state index < -0.39 is 0 Å². The van der Waals surface area contributed by atoms with Crippen molar-refractivity contribution in [2.24, 2.45) is 0 Å². The van der Waals surface area contributed by atoms with E-state index >= 15 is 0 Å². The summed E-state index contributed by atoms with van der Waals surface area (Å²) in [5.41, 5.74) is 3.38. The van der Waals surface area contributed by atoms with Crippen LogP contribution in [-0.4, -0.2) is 45.9 Å². The summed E-state index contributed by atoms with van der Waals surface area (Å²) >= 11 is 0. The van der Waals surface area contributed by atoms with E-state index in [-0.39, 0.29) is 30.4 Å². The van der Waals surface area contributed by atoms with Crippen LogP contribution in [0.25, 0.3) is 0 Å². The van der Waals surface area contributed by atoms with Crippen LogP contribution in [0.15, 0.2) is 42.5 Å². The SMILES string of the molecule is COc1ccc(C(Cc2ccccc2C)NC(=O)CC2COCCN2)cc1OC.Cl. The van der Waals surface area contributed by atoms with Crippen molar-refractivity contribution in [3.63, 3.8) is 0 Å². The summed E-state index contributed by atoms with van der Waals surface area (Å²) < 4.78 is 16.3. The Morgan fingerprint density at radius 3 is 2.63 bits per heavy atom. The molecule has 0 radical (unpaired) electrons. The molecule has 1 saturated heterocycles. The summed E-state index contributed by atoms with van der Waals surface area (Å²) in [6, 6.07) is 13.9. The summed E-state index contributed by atoms with van der Waals surface area (Å²) in [5, 5.41) is 6.55. The van der Waals surface area contributed by atoms with E-state index in [1.807, 2.05) is 30.3 Å². The number of hydrogen-bond acceptors (Lipinski definition) is 5. The van der Waals surface area contributed by atoms with E-state index in [0.717, 1.165) is 12.1 Å².